The zero-order valence-corrected chi connectivity index (χ0v) is 16.4. The average Bonchev–Trinajstić information content (AvgIpc) is 3.18. The van der Waals surface area contributed by atoms with Crippen LogP contribution in [0.3, 0.4) is 0 Å². The third-order valence-electron chi connectivity index (χ3n) is 4.64. The molecule has 0 aliphatic carbocycles. The van der Waals surface area contributed by atoms with Crippen molar-refractivity contribution in [2.24, 2.45) is 0 Å². The van der Waals surface area contributed by atoms with Gasteiger partial charge in [-0.05, 0) is 34.7 Å². The van der Waals surface area contributed by atoms with E-state index in [1.54, 1.807) is 11.3 Å². The van der Waals surface area contributed by atoms with Gasteiger partial charge in [-0.25, -0.2) is 0 Å². The zero-order valence-electron chi connectivity index (χ0n) is 15.5. The van der Waals surface area contributed by atoms with Crippen molar-refractivity contribution in [2.45, 2.75) is 12.6 Å². The van der Waals surface area contributed by atoms with E-state index >= 15 is 0 Å². The molecule has 4 aromatic rings. The quantitative estimate of drug-likeness (QED) is 0.441. The van der Waals surface area contributed by atoms with E-state index in [1.165, 1.54) is 26.8 Å². The van der Waals surface area contributed by atoms with Gasteiger partial charge in [-0.15, -0.1) is 11.3 Å². The minimum atomic E-state index is -0.552. The summed E-state index contributed by atoms with van der Waals surface area (Å²) in [5, 5.41) is 16.9. The number of benzene rings is 3. The van der Waals surface area contributed by atoms with Gasteiger partial charge in [0.1, 0.15) is 18.5 Å². The fourth-order valence-electron chi connectivity index (χ4n) is 3.16. The lowest BCUT2D eigenvalue weighted by atomic mass is 10.0. The number of ether oxygens (including phenoxy) is 1. The molecule has 0 aliphatic rings. The molecule has 0 saturated carbocycles. The second-order valence-corrected chi connectivity index (χ2v) is 7.66. The zero-order chi connectivity index (χ0) is 19.2. The molecule has 0 amide bonds. The van der Waals surface area contributed by atoms with Gasteiger partial charge in [0.15, 0.2) is 0 Å². The molecule has 0 radical (unpaired) electrons. The van der Waals surface area contributed by atoms with Crippen molar-refractivity contribution in [3.05, 3.63) is 89.8 Å². The van der Waals surface area contributed by atoms with Gasteiger partial charge in [-0.3, -0.25) is 0 Å². The van der Waals surface area contributed by atoms with E-state index in [2.05, 4.69) is 59.2 Å². The van der Waals surface area contributed by atoms with E-state index in [1.807, 2.05) is 30.3 Å². The lowest BCUT2D eigenvalue weighted by Gasteiger charge is -2.13. The normalized spacial score (nSPS) is 12.2. The molecular formula is C24H23NO2S. The third-order valence-corrected chi connectivity index (χ3v) is 5.60. The molecule has 142 valence electrons. The summed E-state index contributed by atoms with van der Waals surface area (Å²) in [5.41, 5.74) is 3.62. The SMILES string of the molecule is O[C@H](CNCc1ccccc1)COc1ccc(-c2csc3ccccc23)cc1. The summed E-state index contributed by atoms with van der Waals surface area (Å²) in [6, 6.07) is 26.7. The van der Waals surface area contributed by atoms with Crippen LogP contribution >= 0.6 is 11.3 Å². The number of hydrogen-bond acceptors (Lipinski definition) is 4. The molecule has 0 saturated heterocycles. The van der Waals surface area contributed by atoms with Crippen molar-refractivity contribution in [2.75, 3.05) is 13.2 Å². The molecule has 1 aromatic heterocycles. The third kappa shape index (κ3) is 4.60. The molecule has 4 rings (SSSR count). The van der Waals surface area contributed by atoms with Gasteiger partial charge < -0.3 is 15.2 Å². The van der Waals surface area contributed by atoms with Crippen LogP contribution < -0.4 is 10.1 Å². The Hall–Kier alpha value is -2.66. The summed E-state index contributed by atoms with van der Waals surface area (Å²) in [6.07, 6.45) is -0.552. The second-order valence-electron chi connectivity index (χ2n) is 6.75. The Morgan fingerprint density at radius 2 is 1.64 bits per heavy atom. The number of thiophene rings is 1. The predicted molar refractivity (Wildman–Crippen MR) is 117 cm³/mol. The van der Waals surface area contributed by atoms with E-state index in [-0.39, 0.29) is 6.61 Å². The molecule has 0 unspecified atom stereocenters. The lowest BCUT2D eigenvalue weighted by molar-refractivity contribution is 0.106. The molecule has 0 aliphatic heterocycles. The first kappa shape index (κ1) is 18.7. The Labute approximate surface area is 169 Å². The maximum atomic E-state index is 10.1. The summed E-state index contributed by atoms with van der Waals surface area (Å²) >= 11 is 1.76. The van der Waals surface area contributed by atoms with Crippen LogP contribution in [0.2, 0.25) is 0 Å². The second kappa shape index (κ2) is 9.02. The smallest absolute Gasteiger partial charge is 0.119 e. The molecule has 1 heterocycles. The highest BCUT2D eigenvalue weighted by molar-refractivity contribution is 7.17. The maximum absolute atomic E-state index is 10.1. The first-order valence-electron chi connectivity index (χ1n) is 9.42. The molecule has 0 bridgehead atoms. The highest BCUT2D eigenvalue weighted by atomic mass is 32.1. The van der Waals surface area contributed by atoms with E-state index in [0.717, 1.165) is 12.3 Å². The number of aliphatic hydroxyl groups is 1. The van der Waals surface area contributed by atoms with Gasteiger partial charge in [0, 0.05) is 28.7 Å². The van der Waals surface area contributed by atoms with Crippen molar-refractivity contribution in [3.63, 3.8) is 0 Å². The van der Waals surface area contributed by atoms with Crippen molar-refractivity contribution >= 4 is 21.4 Å². The summed E-state index contributed by atoms with van der Waals surface area (Å²) < 4.78 is 7.04. The molecular weight excluding hydrogens is 366 g/mol. The van der Waals surface area contributed by atoms with Crippen LogP contribution in [-0.4, -0.2) is 24.4 Å². The first-order chi connectivity index (χ1) is 13.8. The monoisotopic (exact) mass is 389 g/mol. The highest BCUT2D eigenvalue weighted by Crippen LogP contribution is 2.34. The summed E-state index contributed by atoms with van der Waals surface area (Å²) in [4.78, 5) is 0. The molecule has 0 fully saturated rings. The summed E-state index contributed by atoms with van der Waals surface area (Å²) in [6.45, 7) is 1.50. The summed E-state index contributed by atoms with van der Waals surface area (Å²) in [5.74, 6) is 0.769. The molecule has 2 N–H and O–H groups in total. The van der Waals surface area contributed by atoms with Crippen LogP contribution in [0.4, 0.5) is 0 Å². The van der Waals surface area contributed by atoms with Crippen LogP contribution in [0.1, 0.15) is 5.56 Å². The molecule has 3 aromatic carbocycles. The Morgan fingerprint density at radius 1 is 0.893 bits per heavy atom. The van der Waals surface area contributed by atoms with Crippen LogP contribution in [-0.2, 0) is 6.54 Å². The Kier molecular flexibility index (Phi) is 6.02. The molecule has 1 atom stereocenters. The number of hydrogen-bond donors (Lipinski definition) is 2. The topological polar surface area (TPSA) is 41.5 Å². The van der Waals surface area contributed by atoms with Crippen LogP contribution in [0.5, 0.6) is 5.75 Å². The van der Waals surface area contributed by atoms with E-state index in [0.29, 0.717) is 6.54 Å². The van der Waals surface area contributed by atoms with Crippen molar-refractivity contribution in [1.29, 1.82) is 0 Å². The van der Waals surface area contributed by atoms with Gasteiger partial charge in [0.05, 0.1) is 0 Å². The fraction of sp³-hybridized carbons (Fsp3) is 0.167. The van der Waals surface area contributed by atoms with Gasteiger partial charge in [-0.2, -0.15) is 0 Å². The standard InChI is InChI=1S/C24H23NO2S/c26-20(15-25-14-18-6-2-1-3-7-18)16-27-21-12-10-19(11-13-21)23-17-28-24-9-5-4-8-22(23)24/h1-13,17,20,25-26H,14-16H2/t20-/m1/s1. The van der Waals surface area contributed by atoms with Gasteiger partial charge >= 0.3 is 0 Å². The van der Waals surface area contributed by atoms with Crippen LogP contribution in [0.25, 0.3) is 21.2 Å². The fourth-order valence-corrected chi connectivity index (χ4v) is 4.13. The molecule has 28 heavy (non-hydrogen) atoms. The average molecular weight is 390 g/mol. The van der Waals surface area contributed by atoms with E-state index < -0.39 is 6.10 Å². The molecule has 0 spiro atoms. The largest absolute Gasteiger partial charge is 0.491 e. The van der Waals surface area contributed by atoms with Gasteiger partial charge in [0.2, 0.25) is 0 Å². The number of rotatable bonds is 8. The lowest BCUT2D eigenvalue weighted by Crippen LogP contribution is -2.31. The van der Waals surface area contributed by atoms with Gasteiger partial charge in [0.25, 0.3) is 0 Å². The maximum Gasteiger partial charge on any atom is 0.119 e. The number of fused-ring (bicyclic) bond motifs is 1. The van der Waals surface area contributed by atoms with E-state index in [9.17, 15) is 5.11 Å². The Balaban J connectivity index is 1.28. The van der Waals surface area contributed by atoms with E-state index in [4.69, 9.17) is 4.74 Å². The first-order valence-corrected chi connectivity index (χ1v) is 10.3. The molecule has 3 nitrogen and oxygen atoms in total. The van der Waals surface area contributed by atoms with Crippen molar-refractivity contribution in [3.8, 4) is 16.9 Å². The predicted octanol–water partition coefficient (Wildman–Crippen LogP) is 5.10. The highest BCUT2D eigenvalue weighted by Gasteiger charge is 2.08. The van der Waals surface area contributed by atoms with Crippen LogP contribution in [0.15, 0.2) is 84.2 Å². The van der Waals surface area contributed by atoms with Gasteiger partial charge in [-0.1, -0.05) is 60.7 Å². The number of nitrogens with one attached hydrogen (secondary N) is 1. The van der Waals surface area contributed by atoms with Crippen molar-refractivity contribution in [1.82, 2.24) is 5.32 Å². The van der Waals surface area contributed by atoms with Crippen molar-refractivity contribution < 1.29 is 9.84 Å². The Morgan fingerprint density at radius 3 is 2.46 bits per heavy atom. The Bertz CT molecular complexity index is 1010. The summed E-state index contributed by atoms with van der Waals surface area (Å²) in [7, 11) is 0. The minimum Gasteiger partial charge on any atom is -0.491 e. The molecule has 4 heteroatoms. The van der Waals surface area contributed by atoms with Crippen LogP contribution in [0, 0.1) is 0 Å². The number of aliphatic hydroxyl groups excluding tert-OH is 1. The minimum absolute atomic E-state index is 0.266.